The molecule has 0 heterocycles. The first-order valence-electron chi connectivity index (χ1n) is 3.54. The second-order valence-electron chi connectivity index (χ2n) is 3.58. The Kier molecular flexibility index (Phi) is 3.20. The molecular formula is C7H15NO4. The van der Waals surface area contributed by atoms with Crippen LogP contribution in [0.25, 0.3) is 0 Å². The number of hydrogen-bond acceptors (Lipinski definition) is 5. The molecule has 72 valence electrons. The Morgan fingerprint density at radius 2 is 1.92 bits per heavy atom. The second-order valence-corrected chi connectivity index (χ2v) is 3.58. The van der Waals surface area contributed by atoms with Gasteiger partial charge in [0.25, 0.3) is 0 Å². The van der Waals surface area contributed by atoms with Gasteiger partial charge in [-0.3, -0.25) is 5.73 Å². The first-order valence-corrected chi connectivity index (χ1v) is 3.54. The first kappa shape index (κ1) is 11.4. The third-order valence-electron chi connectivity index (χ3n) is 0.993. The molecule has 5 nitrogen and oxygen atoms in total. The van der Waals surface area contributed by atoms with Crippen LogP contribution in [0.4, 0.5) is 0 Å². The van der Waals surface area contributed by atoms with Crippen molar-refractivity contribution in [1.29, 1.82) is 0 Å². The van der Waals surface area contributed by atoms with Crippen molar-refractivity contribution in [2.45, 2.75) is 32.1 Å². The zero-order valence-electron chi connectivity index (χ0n) is 7.50. The molecule has 0 aromatic rings. The quantitative estimate of drug-likeness (QED) is 0.370. The molecule has 0 amide bonds. The Balaban J connectivity index is 4.23. The van der Waals surface area contributed by atoms with E-state index in [2.05, 4.69) is 0 Å². The van der Waals surface area contributed by atoms with Crippen LogP contribution in [-0.4, -0.2) is 34.1 Å². The Morgan fingerprint density at radius 3 is 2.17 bits per heavy atom. The zero-order chi connectivity index (χ0) is 9.99. The summed E-state index contributed by atoms with van der Waals surface area (Å²) >= 11 is 0. The molecule has 0 aliphatic heterocycles. The third kappa shape index (κ3) is 3.66. The average Bonchev–Trinajstić information content (AvgIpc) is 1.84. The van der Waals surface area contributed by atoms with Gasteiger partial charge < -0.3 is 14.9 Å². The molecule has 0 aliphatic rings. The van der Waals surface area contributed by atoms with E-state index in [0.717, 1.165) is 0 Å². The average molecular weight is 177 g/mol. The Bertz CT molecular complexity index is 171. The molecule has 0 fully saturated rings. The first-order chi connectivity index (χ1) is 5.19. The van der Waals surface area contributed by atoms with E-state index < -0.39 is 23.9 Å². The lowest BCUT2D eigenvalue weighted by molar-refractivity contribution is -0.180. The fourth-order valence-corrected chi connectivity index (χ4v) is 0.431. The molecule has 0 spiro atoms. The second kappa shape index (κ2) is 3.38. The largest absolute Gasteiger partial charge is 0.457 e. The van der Waals surface area contributed by atoms with Gasteiger partial charge in [-0.1, -0.05) is 0 Å². The van der Waals surface area contributed by atoms with Crippen molar-refractivity contribution in [2.24, 2.45) is 5.73 Å². The number of carbonyl (C=O) groups is 1. The molecule has 0 aromatic carbocycles. The maximum Gasteiger partial charge on any atom is 0.356 e. The minimum atomic E-state index is -2.30. The summed E-state index contributed by atoms with van der Waals surface area (Å²) in [6, 6.07) is 0. The van der Waals surface area contributed by atoms with Gasteiger partial charge in [-0.2, -0.15) is 0 Å². The van der Waals surface area contributed by atoms with Gasteiger partial charge in [0.2, 0.25) is 5.72 Å². The lowest BCUT2D eigenvalue weighted by Gasteiger charge is -2.25. The fraction of sp³-hybridized carbons (Fsp3) is 0.857. The summed E-state index contributed by atoms with van der Waals surface area (Å²) in [6.07, 6.45) is 0. The van der Waals surface area contributed by atoms with E-state index in [1.165, 1.54) is 0 Å². The van der Waals surface area contributed by atoms with Gasteiger partial charge in [-0.05, 0) is 20.8 Å². The Hall–Kier alpha value is -0.650. The lowest BCUT2D eigenvalue weighted by Crippen LogP contribution is -2.53. The molecule has 0 rings (SSSR count). The Labute approximate surface area is 71.1 Å². The number of rotatable bonds is 2. The van der Waals surface area contributed by atoms with Crippen LogP contribution in [-0.2, 0) is 9.53 Å². The maximum atomic E-state index is 11.0. The van der Waals surface area contributed by atoms with E-state index in [0.29, 0.717) is 0 Å². The van der Waals surface area contributed by atoms with Crippen LogP contribution in [0.15, 0.2) is 0 Å². The molecule has 12 heavy (non-hydrogen) atoms. The van der Waals surface area contributed by atoms with Gasteiger partial charge in [-0.25, -0.2) is 4.79 Å². The highest BCUT2D eigenvalue weighted by atomic mass is 16.6. The van der Waals surface area contributed by atoms with E-state index in [-0.39, 0.29) is 0 Å². The smallest absolute Gasteiger partial charge is 0.356 e. The molecule has 0 radical (unpaired) electrons. The monoisotopic (exact) mass is 177 g/mol. The fourth-order valence-electron chi connectivity index (χ4n) is 0.431. The summed E-state index contributed by atoms with van der Waals surface area (Å²) in [7, 11) is 0. The SMILES string of the molecule is CC(C)(C)OC(=O)C(N)(O)CO. The molecule has 0 aromatic heterocycles. The van der Waals surface area contributed by atoms with Crippen molar-refractivity contribution in [1.82, 2.24) is 0 Å². The van der Waals surface area contributed by atoms with Gasteiger partial charge in [0.15, 0.2) is 0 Å². The predicted molar refractivity (Wildman–Crippen MR) is 42.1 cm³/mol. The van der Waals surface area contributed by atoms with Crippen LogP contribution in [0.2, 0.25) is 0 Å². The summed E-state index contributed by atoms with van der Waals surface area (Å²) in [5, 5.41) is 17.5. The van der Waals surface area contributed by atoms with Crippen LogP contribution < -0.4 is 5.73 Å². The zero-order valence-corrected chi connectivity index (χ0v) is 7.50. The standard InChI is InChI=1S/C7H15NO4/c1-6(2,3)12-5(10)7(8,11)4-9/h9,11H,4,8H2,1-3H3. The molecule has 4 N–H and O–H groups in total. The van der Waals surface area contributed by atoms with Crippen LogP contribution in [0, 0.1) is 0 Å². The van der Waals surface area contributed by atoms with Crippen molar-refractivity contribution in [2.75, 3.05) is 6.61 Å². The molecule has 5 heteroatoms. The summed E-state index contributed by atoms with van der Waals surface area (Å²) in [5.41, 5.74) is 1.98. The van der Waals surface area contributed by atoms with E-state index >= 15 is 0 Å². The van der Waals surface area contributed by atoms with Gasteiger partial charge >= 0.3 is 5.97 Å². The van der Waals surface area contributed by atoms with Crippen molar-refractivity contribution >= 4 is 5.97 Å². The van der Waals surface area contributed by atoms with E-state index in [9.17, 15) is 4.79 Å². The van der Waals surface area contributed by atoms with Crippen LogP contribution >= 0.6 is 0 Å². The summed E-state index contributed by atoms with van der Waals surface area (Å²) < 4.78 is 4.72. The number of ether oxygens (including phenoxy) is 1. The third-order valence-corrected chi connectivity index (χ3v) is 0.993. The van der Waals surface area contributed by atoms with Gasteiger partial charge in [0.1, 0.15) is 5.60 Å². The van der Waals surface area contributed by atoms with Crippen molar-refractivity contribution in [3.8, 4) is 0 Å². The number of hydrogen-bond donors (Lipinski definition) is 3. The van der Waals surface area contributed by atoms with E-state index in [4.69, 9.17) is 20.7 Å². The Morgan fingerprint density at radius 1 is 1.50 bits per heavy atom. The summed E-state index contributed by atoms with van der Waals surface area (Å²) in [5.74, 6) is -1.03. The normalized spacial score (nSPS) is 16.8. The van der Waals surface area contributed by atoms with Gasteiger partial charge in [-0.15, -0.1) is 0 Å². The van der Waals surface area contributed by atoms with Gasteiger partial charge in [0.05, 0.1) is 6.61 Å². The predicted octanol–water partition coefficient (Wildman–Crippen LogP) is -1.03. The van der Waals surface area contributed by atoms with E-state index in [1.807, 2.05) is 0 Å². The van der Waals surface area contributed by atoms with Crippen molar-refractivity contribution < 1.29 is 19.7 Å². The molecule has 0 bridgehead atoms. The number of aliphatic hydroxyl groups is 2. The molecule has 0 saturated carbocycles. The van der Waals surface area contributed by atoms with Crippen LogP contribution in [0.1, 0.15) is 20.8 Å². The minimum absolute atomic E-state index is 0.723. The summed E-state index contributed by atoms with van der Waals surface area (Å²) in [6.45, 7) is 4.05. The molecule has 1 atom stereocenters. The number of nitrogens with two attached hydrogens (primary N) is 1. The van der Waals surface area contributed by atoms with Crippen LogP contribution in [0.3, 0.4) is 0 Å². The van der Waals surface area contributed by atoms with Crippen molar-refractivity contribution in [3.63, 3.8) is 0 Å². The summed E-state index contributed by atoms with van der Waals surface area (Å²) in [4.78, 5) is 11.0. The van der Waals surface area contributed by atoms with Crippen molar-refractivity contribution in [3.05, 3.63) is 0 Å². The highest BCUT2D eigenvalue weighted by molar-refractivity contribution is 5.78. The lowest BCUT2D eigenvalue weighted by atomic mass is 10.2. The topological polar surface area (TPSA) is 92.8 Å². The molecular weight excluding hydrogens is 162 g/mol. The highest BCUT2D eigenvalue weighted by Crippen LogP contribution is 2.10. The molecule has 0 saturated heterocycles. The number of carbonyl (C=O) groups excluding carboxylic acids is 1. The van der Waals surface area contributed by atoms with E-state index in [1.54, 1.807) is 20.8 Å². The number of aliphatic hydroxyl groups excluding tert-OH is 1. The van der Waals surface area contributed by atoms with Crippen LogP contribution in [0.5, 0.6) is 0 Å². The maximum absolute atomic E-state index is 11.0. The highest BCUT2D eigenvalue weighted by Gasteiger charge is 2.34. The number of esters is 1. The minimum Gasteiger partial charge on any atom is -0.457 e. The molecule has 0 aliphatic carbocycles. The van der Waals surface area contributed by atoms with Gasteiger partial charge in [0, 0.05) is 0 Å². The molecule has 1 unspecified atom stereocenters.